The molecule has 0 atom stereocenters. The Balaban J connectivity index is 2.71. The van der Waals surface area contributed by atoms with E-state index in [1.54, 1.807) is 16.9 Å². The Hall–Kier alpha value is -0.620. The quantitative estimate of drug-likeness (QED) is 0.716. The molecule has 0 fully saturated rings. The minimum atomic E-state index is 0.737. The highest BCUT2D eigenvalue weighted by Crippen LogP contribution is 2.13. The van der Waals surface area contributed by atoms with Crippen LogP contribution in [-0.4, -0.2) is 25.8 Å². The summed E-state index contributed by atoms with van der Waals surface area (Å²) in [5, 5.41) is 4.95. The van der Waals surface area contributed by atoms with Gasteiger partial charge in [-0.25, -0.2) is 14.5 Å². The van der Waals surface area contributed by atoms with Crippen LogP contribution in [-0.2, 0) is 0 Å². The molecule has 0 saturated carbocycles. The highest BCUT2D eigenvalue weighted by Gasteiger charge is 2.02. The zero-order valence-electron chi connectivity index (χ0n) is 6.23. The van der Waals surface area contributed by atoms with E-state index in [-0.39, 0.29) is 0 Å². The number of halogens is 1. The number of rotatable bonds is 1. The number of nitrogens with zero attached hydrogens (tertiary/aromatic N) is 4. The molecule has 62 valence electrons. The largest absolute Gasteiger partial charge is 0.233 e. The molecule has 0 aromatic carbocycles. The Morgan fingerprint density at radius 2 is 2.25 bits per heavy atom. The first kappa shape index (κ1) is 8.00. The molecule has 0 N–H and O–H groups in total. The van der Waals surface area contributed by atoms with Crippen LogP contribution in [0.15, 0.2) is 22.2 Å². The van der Waals surface area contributed by atoms with Crippen LogP contribution in [0, 0.1) is 0 Å². The third-order valence-corrected chi connectivity index (χ3v) is 2.47. The minimum absolute atomic E-state index is 0.737. The Morgan fingerprint density at radius 3 is 3.00 bits per heavy atom. The van der Waals surface area contributed by atoms with Gasteiger partial charge in [0.15, 0.2) is 5.65 Å². The second-order valence-electron chi connectivity index (χ2n) is 2.10. The molecule has 2 heterocycles. The van der Waals surface area contributed by atoms with E-state index >= 15 is 0 Å². The fourth-order valence-corrected chi connectivity index (χ4v) is 1.53. The maximum absolute atomic E-state index is 4.21. The van der Waals surface area contributed by atoms with Crippen LogP contribution < -0.4 is 0 Å². The highest BCUT2D eigenvalue weighted by molar-refractivity contribution is 9.10. The molecule has 2 rings (SSSR count). The Bertz CT molecular complexity index is 413. The molecule has 0 saturated heterocycles. The van der Waals surface area contributed by atoms with Gasteiger partial charge in [0, 0.05) is 0 Å². The third kappa shape index (κ3) is 1.21. The summed E-state index contributed by atoms with van der Waals surface area (Å²) in [6.07, 6.45) is 5.34. The van der Waals surface area contributed by atoms with Gasteiger partial charge in [-0.2, -0.15) is 0 Å². The van der Waals surface area contributed by atoms with Crippen LogP contribution in [0.3, 0.4) is 0 Å². The summed E-state index contributed by atoms with van der Waals surface area (Å²) in [6, 6.07) is 0. The van der Waals surface area contributed by atoms with Gasteiger partial charge in [-0.15, -0.1) is 5.10 Å². The summed E-state index contributed by atoms with van der Waals surface area (Å²) in [5.41, 5.74) is 0.750. The first-order valence-corrected chi connectivity index (χ1v) is 5.23. The summed E-state index contributed by atoms with van der Waals surface area (Å²) >= 11 is 4.84. The molecule has 4 nitrogen and oxygen atoms in total. The van der Waals surface area contributed by atoms with Gasteiger partial charge in [0.05, 0.1) is 12.4 Å². The molecule has 12 heavy (non-hydrogen) atoms. The van der Waals surface area contributed by atoms with E-state index in [0.717, 1.165) is 15.4 Å². The van der Waals surface area contributed by atoms with Crippen molar-refractivity contribution in [1.82, 2.24) is 19.6 Å². The maximum Gasteiger partial charge on any atom is 0.207 e. The van der Waals surface area contributed by atoms with Gasteiger partial charge in [0.2, 0.25) is 5.16 Å². The lowest BCUT2D eigenvalue weighted by molar-refractivity contribution is 0.784. The third-order valence-electron chi connectivity index (χ3n) is 1.38. The van der Waals surface area contributed by atoms with Gasteiger partial charge in [-0.05, 0) is 22.2 Å². The van der Waals surface area contributed by atoms with E-state index in [1.807, 2.05) is 6.26 Å². The summed E-state index contributed by atoms with van der Waals surface area (Å²) in [7, 11) is 0. The summed E-state index contributed by atoms with van der Waals surface area (Å²) < 4.78 is 2.55. The molecular formula is C6H5BrN4S. The Labute approximate surface area is 81.5 Å². The predicted molar refractivity (Wildman–Crippen MR) is 50.3 cm³/mol. The number of fused-ring (bicyclic) bond motifs is 1. The molecule has 0 unspecified atom stereocenters. The van der Waals surface area contributed by atoms with Crippen molar-refractivity contribution in [1.29, 1.82) is 0 Å². The number of aromatic nitrogens is 4. The SMILES string of the molecule is CSc1ncc2ncc(Br)n2n1. The number of thioether (sulfide) groups is 1. The topological polar surface area (TPSA) is 43.1 Å². The van der Waals surface area contributed by atoms with E-state index in [1.165, 1.54) is 11.8 Å². The fraction of sp³-hybridized carbons (Fsp3) is 0.167. The molecule has 0 bridgehead atoms. The molecule has 0 aliphatic rings. The molecule has 0 aliphatic heterocycles. The lowest BCUT2D eigenvalue weighted by Gasteiger charge is -1.95. The zero-order chi connectivity index (χ0) is 8.55. The highest BCUT2D eigenvalue weighted by atomic mass is 79.9. The average Bonchev–Trinajstić information content (AvgIpc) is 2.47. The smallest absolute Gasteiger partial charge is 0.207 e. The van der Waals surface area contributed by atoms with Crippen molar-refractivity contribution in [2.75, 3.05) is 6.26 Å². The van der Waals surface area contributed by atoms with Gasteiger partial charge in [-0.3, -0.25) is 0 Å². The molecule has 0 aliphatic carbocycles. The van der Waals surface area contributed by atoms with E-state index < -0.39 is 0 Å². The Kier molecular flexibility index (Phi) is 2.02. The van der Waals surface area contributed by atoms with Crippen molar-refractivity contribution in [2.24, 2.45) is 0 Å². The van der Waals surface area contributed by atoms with Crippen molar-refractivity contribution >= 4 is 33.3 Å². The van der Waals surface area contributed by atoms with Crippen molar-refractivity contribution in [2.45, 2.75) is 5.16 Å². The number of hydrogen-bond acceptors (Lipinski definition) is 4. The second kappa shape index (κ2) is 3.02. The normalized spacial score (nSPS) is 10.8. The number of imidazole rings is 1. The molecule has 2 aromatic heterocycles. The summed E-state index contributed by atoms with van der Waals surface area (Å²) in [4.78, 5) is 8.16. The molecule has 0 amide bonds. The second-order valence-corrected chi connectivity index (χ2v) is 3.68. The lowest BCUT2D eigenvalue weighted by Crippen LogP contribution is -1.95. The van der Waals surface area contributed by atoms with Crippen LogP contribution in [0.4, 0.5) is 0 Å². The first-order chi connectivity index (χ1) is 5.81. The van der Waals surface area contributed by atoms with Gasteiger partial charge in [-0.1, -0.05) is 11.8 Å². The molecule has 2 aromatic rings. The van der Waals surface area contributed by atoms with Gasteiger partial charge in [0.1, 0.15) is 4.60 Å². The first-order valence-electron chi connectivity index (χ1n) is 3.21. The van der Waals surface area contributed by atoms with Crippen LogP contribution in [0.25, 0.3) is 5.65 Å². The minimum Gasteiger partial charge on any atom is -0.233 e. The fourth-order valence-electron chi connectivity index (χ4n) is 0.843. The van der Waals surface area contributed by atoms with E-state index in [4.69, 9.17) is 0 Å². The van der Waals surface area contributed by atoms with Gasteiger partial charge in [0.25, 0.3) is 0 Å². The van der Waals surface area contributed by atoms with E-state index in [2.05, 4.69) is 31.0 Å². The van der Waals surface area contributed by atoms with Crippen molar-refractivity contribution in [3.63, 3.8) is 0 Å². The Morgan fingerprint density at radius 1 is 1.42 bits per heavy atom. The van der Waals surface area contributed by atoms with Crippen LogP contribution in [0.1, 0.15) is 0 Å². The monoisotopic (exact) mass is 244 g/mol. The van der Waals surface area contributed by atoms with Crippen molar-refractivity contribution in [3.05, 3.63) is 17.0 Å². The van der Waals surface area contributed by atoms with Crippen LogP contribution >= 0.6 is 27.7 Å². The summed E-state index contributed by atoms with van der Waals surface area (Å²) in [5.74, 6) is 0. The van der Waals surface area contributed by atoms with Crippen molar-refractivity contribution < 1.29 is 0 Å². The maximum atomic E-state index is 4.21. The molecule has 0 spiro atoms. The average molecular weight is 245 g/mol. The van der Waals surface area contributed by atoms with E-state index in [0.29, 0.717) is 0 Å². The van der Waals surface area contributed by atoms with Crippen LogP contribution in [0.5, 0.6) is 0 Å². The summed E-state index contributed by atoms with van der Waals surface area (Å²) in [6.45, 7) is 0. The molecule has 0 radical (unpaired) electrons. The predicted octanol–water partition coefficient (Wildman–Crippen LogP) is 1.61. The van der Waals surface area contributed by atoms with Crippen molar-refractivity contribution in [3.8, 4) is 0 Å². The van der Waals surface area contributed by atoms with E-state index in [9.17, 15) is 0 Å². The lowest BCUT2D eigenvalue weighted by atomic mass is 10.8. The van der Waals surface area contributed by atoms with Crippen LogP contribution in [0.2, 0.25) is 0 Å². The van der Waals surface area contributed by atoms with Gasteiger partial charge >= 0.3 is 0 Å². The standard InChI is InChI=1S/C6H5BrN4S/c1-12-6-9-3-5-8-2-4(7)11(5)10-6/h2-3H,1H3. The molecular weight excluding hydrogens is 240 g/mol. The number of hydrogen-bond donors (Lipinski definition) is 0. The zero-order valence-corrected chi connectivity index (χ0v) is 8.63. The van der Waals surface area contributed by atoms with Gasteiger partial charge < -0.3 is 0 Å². The molecule has 6 heteroatoms.